The van der Waals surface area contributed by atoms with Gasteiger partial charge in [0.2, 0.25) is 11.6 Å². The minimum absolute atomic E-state index is 0.204. The van der Waals surface area contributed by atoms with Crippen LogP contribution in [0.15, 0.2) is 29.8 Å². The van der Waals surface area contributed by atoms with Gasteiger partial charge in [-0.2, -0.15) is 0 Å². The van der Waals surface area contributed by atoms with Crippen molar-refractivity contribution in [1.82, 2.24) is 0 Å². The van der Waals surface area contributed by atoms with Gasteiger partial charge in [-0.25, -0.2) is 0 Å². The third-order valence-corrected chi connectivity index (χ3v) is 4.11. The standard InChI is InChI=1S/C15H14O2/c1-8-7-12-10-5-3-4-6-11(10)14(16)15(17)13(12)9(8)2/h3-6,8-9H,7H2,1-2H3/t8-,9-/m0/s1. The molecule has 0 amide bonds. The van der Waals surface area contributed by atoms with Crippen LogP contribution in [-0.4, -0.2) is 11.6 Å². The lowest BCUT2D eigenvalue weighted by Crippen LogP contribution is -2.24. The summed E-state index contributed by atoms with van der Waals surface area (Å²) in [4.78, 5) is 24.1. The van der Waals surface area contributed by atoms with E-state index in [1.54, 1.807) is 6.07 Å². The first kappa shape index (κ1) is 10.5. The third kappa shape index (κ3) is 1.27. The maximum atomic E-state index is 12.1. The Morgan fingerprint density at radius 2 is 1.65 bits per heavy atom. The molecule has 1 aromatic carbocycles. The van der Waals surface area contributed by atoms with E-state index in [0.29, 0.717) is 11.5 Å². The zero-order valence-corrected chi connectivity index (χ0v) is 9.99. The fourth-order valence-corrected chi connectivity index (χ4v) is 2.96. The van der Waals surface area contributed by atoms with Gasteiger partial charge in [0.1, 0.15) is 0 Å². The Labute approximate surface area is 100 Å². The van der Waals surface area contributed by atoms with Gasteiger partial charge < -0.3 is 0 Å². The molecule has 2 nitrogen and oxygen atoms in total. The minimum atomic E-state index is -0.333. The first-order valence-corrected chi connectivity index (χ1v) is 6.02. The van der Waals surface area contributed by atoms with Gasteiger partial charge in [0.25, 0.3) is 0 Å². The van der Waals surface area contributed by atoms with E-state index in [4.69, 9.17) is 0 Å². The molecule has 86 valence electrons. The zero-order chi connectivity index (χ0) is 12.2. The Morgan fingerprint density at radius 3 is 2.35 bits per heavy atom. The van der Waals surface area contributed by atoms with E-state index in [1.165, 1.54) is 0 Å². The number of hydrogen-bond donors (Lipinski definition) is 0. The lowest BCUT2D eigenvalue weighted by molar-refractivity contribution is -0.112. The summed E-state index contributed by atoms with van der Waals surface area (Å²) in [5.41, 5.74) is 3.42. The van der Waals surface area contributed by atoms with Crippen LogP contribution < -0.4 is 0 Å². The molecule has 0 aromatic heterocycles. The molecule has 0 saturated carbocycles. The van der Waals surface area contributed by atoms with E-state index in [0.717, 1.165) is 23.1 Å². The highest BCUT2D eigenvalue weighted by Gasteiger charge is 2.40. The first-order valence-electron chi connectivity index (χ1n) is 6.02. The maximum Gasteiger partial charge on any atom is 0.233 e. The Hall–Kier alpha value is -1.70. The van der Waals surface area contributed by atoms with Crippen LogP contribution in [0.25, 0.3) is 5.57 Å². The molecule has 0 spiro atoms. The molecular weight excluding hydrogens is 212 g/mol. The molecule has 2 atom stereocenters. The van der Waals surface area contributed by atoms with Crippen LogP contribution >= 0.6 is 0 Å². The highest BCUT2D eigenvalue weighted by Crippen LogP contribution is 2.45. The van der Waals surface area contributed by atoms with Crippen LogP contribution in [0.3, 0.4) is 0 Å². The summed E-state index contributed by atoms with van der Waals surface area (Å²) in [6, 6.07) is 7.46. The number of Topliss-reactive ketones (excluding diaryl/α,β-unsaturated/α-hetero) is 2. The number of fused-ring (bicyclic) bond motifs is 2. The Kier molecular flexibility index (Phi) is 2.09. The summed E-state index contributed by atoms with van der Waals surface area (Å²) in [7, 11) is 0. The summed E-state index contributed by atoms with van der Waals surface area (Å²) >= 11 is 0. The Morgan fingerprint density at radius 1 is 1.00 bits per heavy atom. The van der Waals surface area contributed by atoms with Gasteiger partial charge in [0.05, 0.1) is 0 Å². The molecule has 1 aromatic rings. The second-order valence-corrected chi connectivity index (χ2v) is 5.07. The van der Waals surface area contributed by atoms with Crippen molar-refractivity contribution >= 4 is 17.1 Å². The van der Waals surface area contributed by atoms with Crippen LogP contribution in [0.1, 0.15) is 36.2 Å². The van der Waals surface area contributed by atoms with E-state index in [9.17, 15) is 9.59 Å². The molecule has 17 heavy (non-hydrogen) atoms. The van der Waals surface area contributed by atoms with Gasteiger partial charge in [-0.3, -0.25) is 9.59 Å². The van der Waals surface area contributed by atoms with Crippen LogP contribution in [0.5, 0.6) is 0 Å². The quantitative estimate of drug-likeness (QED) is 0.637. The number of ketones is 2. The van der Waals surface area contributed by atoms with Gasteiger partial charge in [-0.15, -0.1) is 0 Å². The SMILES string of the molecule is C[C@@H]1C2=C(C[C@@H]1C)c1ccccc1C(=O)C2=O. The minimum Gasteiger partial charge on any atom is -0.285 e. The fraction of sp³-hybridized carbons (Fsp3) is 0.333. The average Bonchev–Trinajstić information content (AvgIpc) is 2.63. The van der Waals surface area contributed by atoms with E-state index in [1.807, 2.05) is 25.1 Å². The maximum absolute atomic E-state index is 12.1. The normalized spacial score (nSPS) is 27.2. The van der Waals surface area contributed by atoms with Crippen molar-refractivity contribution < 1.29 is 9.59 Å². The molecule has 2 aliphatic carbocycles. The topological polar surface area (TPSA) is 34.1 Å². The molecule has 0 aliphatic heterocycles. The van der Waals surface area contributed by atoms with E-state index in [2.05, 4.69) is 6.92 Å². The lowest BCUT2D eigenvalue weighted by atomic mass is 9.83. The molecule has 0 bridgehead atoms. The molecule has 0 fully saturated rings. The number of carbonyl (C=O) groups is 2. The lowest BCUT2D eigenvalue weighted by Gasteiger charge is -2.18. The fourth-order valence-electron chi connectivity index (χ4n) is 2.96. The Balaban J connectivity index is 2.28. The molecular formula is C15H14O2. The van der Waals surface area contributed by atoms with Crippen LogP contribution in [0.4, 0.5) is 0 Å². The second kappa shape index (κ2) is 3.39. The largest absolute Gasteiger partial charge is 0.285 e. The van der Waals surface area contributed by atoms with Crippen molar-refractivity contribution in [1.29, 1.82) is 0 Å². The highest BCUT2D eigenvalue weighted by atomic mass is 16.2. The predicted octanol–water partition coefficient (Wildman–Crippen LogP) is 2.88. The summed E-state index contributed by atoms with van der Waals surface area (Å²) in [6.45, 7) is 4.19. The monoisotopic (exact) mass is 226 g/mol. The highest BCUT2D eigenvalue weighted by molar-refractivity contribution is 6.52. The summed E-state index contributed by atoms with van der Waals surface area (Å²) in [5, 5.41) is 0. The summed E-state index contributed by atoms with van der Waals surface area (Å²) in [5.74, 6) is 0.0357. The first-order chi connectivity index (χ1) is 8.11. The molecule has 0 unspecified atom stereocenters. The van der Waals surface area contributed by atoms with Gasteiger partial charge in [0, 0.05) is 11.1 Å². The van der Waals surface area contributed by atoms with Crippen molar-refractivity contribution in [3.63, 3.8) is 0 Å². The molecule has 0 N–H and O–H groups in total. The van der Waals surface area contributed by atoms with Gasteiger partial charge in [-0.05, 0) is 29.4 Å². The van der Waals surface area contributed by atoms with Crippen molar-refractivity contribution in [2.75, 3.05) is 0 Å². The summed E-state index contributed by atoms with van der Waals surface area (Å²) in [6.07, 6.45) is 0.909. The van der Waals surface area contributed by atoms with Crippen molar-refractivity contribution in [3.8, 4) is 0 Å². The van der Waals surface area contributed by atoms with Crippen LogP contribution in [0, 0.1) is 11.8 Å². The second-order valence-electron chi connectivity index (χ2n) is 5.07. The number of rotatable bonds is 0. The van der Waals surface area contributed by atoms with E-state index < -0.39 is 0 Å². The number of carbonyl (C=O) groups excluding carboxylic acids is 2. The molecule has 3 rings (SSSR count). The number of benzene rings is 1. The molecule has 2 aliphatic rings. The molecule has 2 heteroatoms. The third-order valence-electron chi connectivity index (χ3n) is 4.11. The number of hydrogen-bond acceptors (Lipinski definition) is 2. The van der Waals surface area contributed by atoms with Crippen molar-refractivity contribution in [2.24, 2.45) is 11.8 Å². The zero-order valence-electron chi connectivity index (χ0n) is 9.99. The predicted molar refractivity (Wildman–Crippen MR) is 65.6 cm³/mol. The molecule has 0 saturated heterocycles. The van der Waals surface area contributed by atoms with Gasteiger partial charge in [0.15, 0.2) is 0 Å². The summed E-state index contributed by atoms with van der Waals surface area (Å²) < 4.78 is 0. The van der Waals surface area contributed by atoms with E-state index >= 15 is 0 Å². The smallest absolute Gasteiger partial charge is 0.233 e. The average molecular weight is 226 g/mol. The van der Waals surface area contributed by atoms with Gasteiger partial charge in [-0.1, -0.05) is 38.1 Å². The van der Waals surface area contributed by atoms with Crippen LogP contribution in [-0.2, 0) is 4.79 Å². The van der Waals surface area contributed by atoms with Crippen molar-refractivity contribution in [2.45, 2.75) is 20.3 Å². The molecule has 0 heterocycles. The van der Waals surface area contributed by atoms with E-state index in [-0.39, 0.29) is 17.5 Å². The number of allylic oxidation sites excluding steroid dienone is 2. The Bertz CT molecular complexity index is 566. The van der Waals surface area contributed by atoms with Gasteiger partial charge >= 0.3 is 0 Å². The van der Waals surface area contributed by atoms with Crippen LogP contribution in [0.2, 0.25) is 0 Å². The van der Waals surface area contributed by atoms with Crippen molar-refractivity contribution in [3.05, 3.63) is 41.0 Å². The molecule has 0 radical (unpaired) electrons.